The predicted molar refractivity (Wildman–Crippen MR) is 155 cm³/mol. The van der Waals surface area contributed by atoms with Gasteiger partial charge in [-0.15, -0.1) is 0 Å². The van der Waals surface area contributed by atoms with Crippen molar-refractivity contribution >= 4 is 40.7 Å². The van der Waals surface area contributed by atoms with Crippen molar-refractivity contribution in [3.8, 4) is 11.3 Å². The maximum absolute atomic E-state index is 13.9. The Kier molecular flexibility index (Phi) is 6.10. The maximum Gasteiger partial charge on any atom is 0.337 e. The molecule has 9 heteroatoms. The summed E-state index contributed by atoms with van der Waals surface area (Å²) in [7, 11) is 0. The van der Waals surface area contributed by atoms with Crippen LogP contribution in [0.4, 0.5) is 4.39 Å². The quantitative estimate of drug-likeness (QED) is 0.279. The Balaban J connectivity index is 1.36. The number of carboxylic acid groups (broad SMARTS) is 1. The summed E-state index contributed by atoms with van der Waals surface area (Å²) in [6, 6.07) is 22.1. The van der Waals surface area contributed by atoms with Gasteiger partial charge in [0.2, 0.25) is 0 Å². The molecule has 7 rings (SSSR count). The number of nitrogens with zero attached hydrogens (tertiary/aromatic N) is 2. The van der Waals surface area contributed by atoms with Gasteiger partial charge in [0.15, 0.2) is 4.80 Å². The molecule has 5 aromatic rings. The molecule has 2 aliphatic rings. The average Bonchev–Trinajstić information content (AvgIpc) is 3.56. The molecule has 0 spiro atoms. The molecule has 1 aliphatic heterocycles. The molecule has 0 radical (unpaired) electrons. The topological polar surface area (TPSA) is 84.8 Å². The fourth-order valence-electron chi connectivity index (χ4n) is 5.52. The number of carbonyl (C=O) groups is 1. The lowest BCUT2D eigenvalue weighted by Crippen LogP contribution is -2.38. The molecule has 0 fully saturated rings. The van der Waals surface area contributed by atoms with Crippen LogP contribution in [0.5, 0.6) is 0 Å². The summed E-state index contributed by atoms with van der Waals surface area (Å²) in [6.45, 7) is 0. The van der Waals surface area contributed by atoms with E-state index in [2.05, 4.69) is 12.1 Å². The Morgan fingerprint density at radius 2 is 1.88 bits per heavy atom. The summed E-state index contributed by atoms with van der Waals surface area (Å²) in [5.74, 6) is -0.506. The van der Waals surface area contributed by atoms with Crippen molar-refractivity contribution in [3.63, 3.8) is 0 Å². The number of allylic oxidation sites excluding steroid dienone is 1. The van der Waals surface area contributed by atoms with Gasteiger partial charge < -0.3 is 9.52 Å². The number of aromatic nitrogens is 1. The number of thiazole rings is 1. The first-order valence-corrected chi connectivity index (χ1v) is 14.1. The van der Waals surface area contributed by atoms with E-state index in [1.54, 1.807) is 41.0 Å². The molecule has 3 heterocycles. The zero-order valence-corrected chi connectivity index (χ0v) is 22.9. The Morgan fingerprint density at radius 3 is 2.66 bits per heavy atom. The maximum atomic E-state index is 13.9. The average molecular weight is 583 g/mol. The highest BCUT2D eigenvalue weighted by Gasteiger charge is 2.32. The van der Waals surface area contributed by atoms with Gasteiger partial charge >= 0.3 is 5.97 Å². The minimum Gasteiger partial charge on any atom is -0.478 e. The smallest absolute Gasteiger partial charge is 0.337 e. The molecule has 1 aliphatic carbocycles. The SMILES string of the molecule is O=C(O)c1ccc(-c2ccc(/C=c3/sc4n(c3=O)[C@@H](c3ccc(F)cc3)C3=C(N=4)c4ccccc4CC3)o2)cc1Cl. The molecule has 202 valence electrons. The van der Waals surface area contributed by atoms with Crippen molar-refractivity contribution in [2.45, 2.75) is 18.9 Å². The fraction of sp³-hybridized carbons (Fsp3) is 0.0938. The van der Waals surface area contributed by atoms with E-state index < -0.39 is 12.0 Å². The third kappa shape index (κ3) is 4.36. The van der Waals surface area contributed by atoms with Crippen LogP contribution in [0.25, 0.3) is 23.1 Å². The largest absolute Gasteiger partial charge is 0.478 e. The molecule has 3 aromatic carbocycles. The zero-order chi connectivity index (χ0) is 28.2. The van der Waals surface area contributed by atoms with Crippen LogP contribution in [0.1, 0.15) is 45.3 Å². The number of fused-ring (bicyclic) bond motifs is 3. The van der Waals surface area contributed by atoms with Crippen LogP contribution in [0.3, 0.4) is 0 Å². The Bertz CT molecular complexity index is 2090. The van der Waals surface area contributed by atoms with E-state index in [1.807, 2.05) is 12.1 Å². The van der Waals surface area contributed by atoms with E-state index in [0.717, 1.165) is 35.2 Å². The van der Waals surface area contributed by atoms with E-state index in [-0.39, 0.29) is 22.0 Å². The third-order valence-corrected chi connectivity index (χ3v) is 8.74. The molecular weight excluding hydrogens is 563 g/mol. The van der Waals surface area contributed by atoms with Crippen molar-refractivity contribution in [1.29, 1.82) is 0 Å². The van der Waals surface area contributed by atoms with Crippen LogP contribution in [-0.2, 0) is 6.42 Å². The van der Waals surface area contributed by atoms with E-state index in [4.69, 9.17) is 21.0 Å². The van der Waals surface area contributed by atoms with E-state index in [9.17, 15) is 19.1 Å². The van der Waals surface area contributed by atoms with Gasteiger partial charge in [-0.3, -0.25) is 9.36 Å². The monoisotopic (exact) mass is 582 g/mol. The first-order chi connectivity index (χ1) is 19.9. The summed E-state index contributed by atoms with van der Waals surface area (Å²) < 4.78 is 22.0. The van der Waals surface area contributed by atoms with Crippen LogP contribution >= 0.6 is 22.9 Å². The predicted octanol–water partition coefficient (Wildman–Crippen LogP) is 6.07. The first kappa shape index (κ1) is 25.4. The van der Waals surface area contributed by atoms with E-state index in [1.165, 1.54) is 41.2 Å². The van der Waals surface area contributed by atoms with Gasteiger partial charge in [-0.25, -0.2) is 14.2 Å². The fourth-order valence-corrected chi connectivity index (χ4v) is 6.77. The summed E-state index contributed by atoms with van der Waals surface area (Å²) >= 11 is 7.41. The van der Waals surface area contributed by atoms with Gasteiger partial charge in [-0.05, 0) is 65.9 Å². The summed E-state index contributed by atoms with van der Waals surface area (Å²) in [5, 5.41) is 9.34. The number of hydrogen-bond acceptors (Lipinski definition) is 5. The van der Waals surface area contributed by atoms with Gasteiger partial charge in [0.05, 0.1) is 26.9 Å². The van der Waals surface area contributed by atoms with Crippen molar-refractivity contribution in [2.75, 3.05) is 0 Å². The third-order valence-electron chi connectivity index (χ3n) is 7.44. The highest BCUT2D eigenvalue weighted by molar-refractivity contribution is 7.07. The van der Waals surface area contributed by atoms with Gasteiger partial charge in [-0.2, -0.15) is 0 Å². The van der Waals surface area contributed by atoms with Crippen molar-refractivity contribution in [1.82, 2.24) is 4.57 Å². The van der Waals surface area contributed by atoms with Gasteiger partial charge in [0.1, 0.15) is 17.3 Å². The Morgan fingerprint density at radius 1 is 1.07 bits per heavy atom. The molecular formula is C32H20ClFN2O4S. The normalized spacial score (nSPS) is 16.1. The second-order valence-corrected chi connectivity index (χ2v) is 11.3. The molecule has 2 aromatic heterocycles. The number of carboxylic acids is 1. The molecule has 6 nitrogen and oxygen atoms in total. The lowest BCUT2D eigenvalue weighted by molar-refractivity contribution is 0.0697. The molecule has 0 saturated carbocycles. The summed E-state index contributed by atoms with van der Waals surface area (Å²) in [5.41, 5.74) is 5.41. The second kappa shape index (κ2) is 9.83. The van der Waals surface area contributed by atoms with E-state index in [0.29, 0.717) is 26.4 Å². The van der Waals surface area contributed by atoms with Crippen LogP contribution in [-0.4, -0.2) is 15.6 Å². The molecule has 0 saturated heterocycles. The molecule has 0 bridgehead atoms. The van der Waals surface area contributed by atoms with Crippen molar-refractivity contribution in [2.24, 2.45) is 4.99 Å². The van der Waals surface area contributed by atoms with Crippen molar-refractivity contribution in [3.05, 3.63) is 143 Å². The minimum atomic E-state index is -1.11. The number of rotatable bonds is 4. The lowest BCUT2D eigenvalue weighted by Gasteiger charge is -2.30. The molecule has 0 unspecified atom stereocenters. The summed E-state index contributed by atoms with van der Waals surface area (Å²) in [6.07, 6.45) is 3.25. The highest BCUT2D eigenvalue weighted by Crippen LogP contribution is 2.41. The van der Waals surface area contributed by atoms with Crippen LogP contribution in [0.15, 0.2) is 98.6 Å². The van der Waals surface area contributed by atoms with Crippen molar-refractivity contribution < 1.29 is 18.7 Å². The lowest BCUT2D eigenvalue weighted by atomic mass is 9.83. The minimum absolute atomic E-state index is 0.00401. The molecule has 0 amide bonds. The number of furan rings is 1. The molecule has 1 N–H and O–H groups in total. The van der Waals surface area contributed by atoms with Crippen LogP contribution in [0.2, 0.25) is 5.02 Å². The number of benzene rings is 3. The number of hydrogen-bond donors (Lipinski definition) is 1. The van der Waals surface area contributed by atoms with Gasteiger partial charge in [0, 0.05) is 17.2 Å². The van der Waals surface area contributed by atoms with Gasteiger partial charge in [0.25, 0.3) is 5.56 Å². The number of aryl methyl sites for hydroxylation is 1. The number of halogens is 2. The van der Waals surface area contributed by atoms with Gasteiger partial charge in [-0.1, -0.05) is 65.4 Å². The molecule has 41 heavy (non-hydrogen) atoms. The molecule has 1 atom stereocenters. The Labute approximate surface area is 241 Å². The van der Waals surface area contributed by atoms with Crippen LogP contribution in [0, 0.1) is 5.82 Å². The Hall–Kier alpha value is -4.53. The second-order valence-electron chi connectivity index (χ2n) is 9.87. The highest BCUT2D eigenvalue weighted by atomic mass is 35.5. The zero-order valence-electron chi connectivity index (χ0n) is 21.3. The van der Waals surface area contributed by atoms with Crippen LogP contribution < -0.4 is 14.9 Å². The summed E-state index contributed by atoms with van der Waals surface area (Å²) in [4.78, 5) is 30.7. The first-order valence-electron chi connectivity index (χ1n) is 12.9. The standard InChI is InChI=1S/C32H20ClFN2O4S/c33-25-15-19(8-12-23(25)31(38)39)26-14-11-21(40-26)16-27-30(37)36-29(18-5-9-20(34)10-6-18)24-13-7-17-3-1-2-4-22(17)28(24)35-32(36)41-27/h1-6,8-12,14-16,29H,7,13H2,(H,38,39)/b27-16+/t29-/m0/s1. The van der Waals surface area contributed by atoms with E-state index >= 15 is 0 Å². The number of aromatic carboxylic acids is 1.